The maximum atomic E-state index is 13.8. The van der Waals surface area contributed by atoms with E-state index in [-0.39, 0.29) is 12.5 Å². The third-order valence-electron chi connectivity index (χ3n) is 5.85. The van der Waals surface area contributed by atoms with Gasteiger partial charge in [-0.1, -0.05) is 42.5 Å². The van der Waals surface area contributed by atoms with Gasteiger partial charge in [-0.3, -0.25) is 9.59 Å². The Kier molecular flexibility index (Phi) is 9.45. The molecule has 2 unspecified atom stereocenters. The van der Waals surface area contributed by atoms with Crippen LogP contribution in [0.2, 0.25) is 0 Å². The zero-order valence-corrected chi connectivity index (χ0v) is 22.7. The van der Waals surface area contributed by atoms with Gasteiger partial charge in [-0.2, -0.15) is 0 Å². The van der Waals surface area contributed by atoms with E-state index in [4.69, 9.17) is 4.74 Å². The highest BCUT2D eigenvalue weighted by atomic mass is 16.6. The quantitative estimate of drug-likeness (QED) is 0.474. The van der Waals surface area contributed by atoms with Crippen LogP contribution in [0, 0.1) is 27.7 Å². The summed E-state index contributed by atoms with van der Waals surface area (Å²) in [6, 6.07) is 9.60. The fourth-order valence-corrected chi connectivity index (χ4v) is 3.87. The first kappa shape index (κ1) is 28.6. The predicted molar refractivity (Wildman–Crippen MR) is 144 cm³/mol. The van der Waals surface area contributed by atoms with E-state index in [1.165, 1.54) is 4.90 Å². The van der Waals surface area contributed by atoms with Gasteiger partial charge in [0.25, 0.3) is 5.91 Å². The van der Waals surface area contributed by atoms with Crippen LogP contribution in [0.15, 0.2) is 49.1 Å². The lowest BCUT2D eigenvalue weighted by Crippen LogP contribution is -2.51. The minimum absolute atomic E-state index is 0.108. The van der Waals surface area contributed by atoms with Crippen LogP contribution in [0.5, 0.6) is 0 Å². The van der Waals surface area contributed by atoms with E-state index in [0.29, 0.717) is 11.3 Å². The van der Waals surface area contributed by atoms with Crippen molar-refractivity contribution in [2.45, 2.75) is 73.1 Å². The van der Waals surface area contributed by atoms with E-state index in [1.807, 2.05) is 64.1 Å². The summed E-state index contributed by atoms with van der Waals surface area (Å²) in [5.41, 5.74) is 4.59. The number of anilines is 1. The van der Waals surface area contributed by atoms with Gasteiger partial charge in [-0.15, -0.1) is 6.58 Å². The number of carbonyl (C=O) groups excluding carboxylic acids is 3. The van der Waals surface area contributed by atoms with Crippen LogP contribution in [0.1, 0.15) is 61.6 Å². The summed E-state index contributed by atoms with van der Waals surface area (Å²) in [6.45, 7) is 18.5. The van der Waals surface area contributed by atoms with Crippen LogP contribution in [0.4, 0.5) is 10.5 Å². The Morgan fingerprint density at radius 3 is 2.14 bits per heavy atom. The molecule has 0 fully saturated rings. The summed E-state index contributed by atoms with van der Waals surface area (Å²) in [5, 5.41) is 5.63. The number of hydrogen-bond acceptors (Lipinski definition) is 4. The minimum atomic E-state index is -0.948. The largest absolute Gasteiger partial charge is 0.444 e. The summed E-state index contributed by atoms with van der Waals surface area (Å²) < 4.78 is 5.30. The van der Waals surface area contributed by atoms with Crippen molar-refractivity contribution in [2.24, 2.45) is 0 Å². The molecule has 2 N–H and O–H groups in total. The smallest absolute Gasteiger partial charge is 0.408 e. The molecule has 2 atom stereocenters. The maximum Gasteiger partial charge on any atom is 0.408 e. The molecule has 0 saturated carbocycles. The fourth-order valence-electron chi connectivity index (χ4n) is 3.87. The Morgan fingerprint density at radius 1 is 1.00 bits per heavy atom. The molecular formula is C29H39N3O4. The number of benzene rings is 2. The molecule has 0 saturated heterocycles. The number of aryl methyl sites for hydroxylation is 4. The van der Waals surface area contributed by atoms with E-state index in [0.717, 1.165) is 22.3 Å². The molecule has 194 valence electrons. The Hall–Kier alpha value is -3.61. The molecule has 0 aromatic heterocycles. The molecule has 0 heterocycles. The zero-order chi connectivity index (χ0) is 27.2. The van der Waals surface area contributed by atoms with Crippen LogP contribution in [-0.2, 0) is 14.3 Å². The van der Waals surface area contributed by atoms with Crippen molar-refractivity contribution in [2.75, 3.05) is 11.9 Å². The summed E-state index contributed by atoms with van der Waals surface area (Å²) in [6.07, 6.45) is 0.864. The number of para-hydroxylation sites is 1. The molecule has 36 heavy (non-hydrogen) atoms. The monoisotopic (exact) mass is 493 g/mol. The second-order valence-corrected chi connectivity index (χ2v) is 10.1. The number of nitrogens with one attached hydrogen (secondary N) is 2. The Labute approximate surface area is 214 Å². The first-order chi connectivity index (χ1) is 16.7. The molecule has 0 aliphatic carbocycles. The van der Waals surface area contributed by atoms with Crippen LogP contribution in [-0.4, -0.2) is 41.0 Å². The molecule has 0 spiro atoms. The number of carbonyl (C=O) groups is 3. The summed E-state index contributed by atoms with van der Waals surface area (Å²) in [5.74, 6) is -0.782. The number of nitrogens with zero attached hydrogens (tertiary/aromatic N) is 1. The standard InChI is InChI=1S/C29H39N3O4/c1-10-16-32(27(34)22(6)30-28(35)36-29(7,8)9)25(23-15-14-18(2)21(5)17-23)26(33)31-24-19(3)12-11-13-20(24)4/h10-15,17,22,25H,1,16H2,2-9H3,(H,30,35)(H,31,33). The lowest BCUT2D eigenvalue weighted by Gasteiger charge is -2.33. The number of ether oxygens (including phenoxy) is 1. The maximum absolute atomic E-state index is 13.8. The van der Waals surface area contributed by atoms with Crippen LogP contribution in [0.25, 0.3) is 0 Å². The van der Waals surface area contributed by atoms with Gasteiger partial charge in [0.2, 0.25) is 5.91 Å². The topological polar surface area (TPSA) is 87.7 Å². The van der Waals surface area contributed by atoms with Gasteiger partial charge in [0, 0.05) is 12.2 Å². The number of hydrogen-bond donors (Lipinski definition) is 2. The molecule has 0 bridgehead atoms. The lowest BCUT2D eigenvalue weighted by molar-refractivity contribution is -0.139. The number of rotatable bonds is 8. The highest BCUT2D eigenvalue weighted by molar-refractivity contribution is 5.99. The highest BCUT2D eigenvalue weighted by Gasteiger charge is 2.34. The third-order valence-corrected chi connectivity index (χ3v) is 5.85. The average molecular weight is 494 g/mol. The predicted octanol–water partition coefficient (Wildman–Crippen LogP) is 5.53. The molecule has 2 rings (SSSR count). The molecule has 0 aliphatic heterocycles. The summed E-state index contributed by atoms with van der Waals surface area (Å²) in [4.78, 5) is 41.2. The van der Waals surface area contributed by atoms with Gasteiger partial charge in [-0.25, -0.2) is 4.79 Å². The minimum Gasteiger partial charge on any atom is -0.444 e. The third kappa shape index (κ3) is 7.44. The van der Waals surface area contributed by atoms with Crippen molar-refractivity contribution >= 4 is 23.6 Å². The zero-order valence-electron chi connectivity index (χ0n) is 22.7. The number of alkyl carbamates (subject to hydrolysis) is 1. The molecule has 0 aliphatic rings. The lowest BCUT2D eigenvalue weighted by atomic mass is 9.98. The second kappa shape index (κ2) is 11.9. The van der Waals surface area contributed by atoms with Crippen molar-refractivity contribution in [3.05, 3.63) is 76.9 Å². The van der Waals surface area contributed by atoms with Crippen molar-refractivity contribution < 1.29 is 19.1 Å². The summed E-state index contributed by atoms with van der Waals surface area (Å²) in [7, 11) is 0. The molecular weight excluding hydrogens is 454 g/mol. The van der Waals surface area contributed by atoms with Gasteiger partial charge in [0.1, 0.15) is 17.7 Å². The Bertz CT molecular complexity index is 1110. The van der Waals surface area contributed by atoms with Crippen molar-refractivity contribution in [3.63, 3.8) is 0 Å². The van der Waals surface area contributed by atoms with E-state index < -0.39 is 29.7 Å². The molecule has 7 nitrogen and oxygen atoms in total. The van der Waals surface area contributed by atoms with Crippen molar-refractivity contribution in [1.82, 2.24) is 10.2 Å². The van der Waals surface area contributed by atoms with Crippen LogP contribution >= 0.6 is 0 Å². The van der Waals surface area contributed by atoms with E-state index in [2.05, 4.69) is 17.2 Å². The van der Waals surface area contributed by atoms with Crippen molar-refractivity contribution in [1.29, 1.82) is 0 Å². The average Bonchev–Trinajstić information content (AvgIpc) is 2.76. The van der Waals surface area contributed by atoms with Crippen molar-refractivity contribution in [3.8, 4) is 0 Å². The Morgan fingerprint density at radius 2 is 1.61 bits per heavy atom. The van der Waals surface area contributed by atoms with Gasteiger partial charge in [0.05, 0.1) is 0 Å². The molecule has 2 aromatic rings. The molecule has 3 amide bonds. The fraction of sp³-hybridized carbons (Fsp3) is 0.414. The van der Waals surface area contributed by atoms with Crippen LogP contribution in [0.3, 0.4) is 0 Å². The van der Waals surface area contributed by atoms with Gasteiger partial charge in [-0.05, 0) is 83.2 Å². The highest BCUT2D eigenvalue weighted by Crippen LogP contribution is 2.28. The molecule has 0 radical (unpaired) electrons. The van der Waals surface area contributed by atoms with E-state index in [1.54, 1.807) is 33.8 Å². The van der Waals surface area contributed by atoms with Gasteiger partial charge in [0.15, 0.2) is 0 Å². The normalized spacial score (nSPS) is 12.8. The summed E-state index contributed by atoms with van der Waals surface area (Å²) >= 11 is 0. The number of amides is 3. The van der Waals surface area contributed by atoms with Gasteiger partial charge >= 0.3 is 6.09 Å². The van der Waals surface area contributed by atoms with E-state index in [9.17, 15) is 14.4 Å². The SMILES string of the molecule is C=CCN(C(=O)C(C)NC(=O)OC(C)(C)C)C(C(=O)Nc1c(C)cccc1C)c1ccc(C)c(C)c1. The molecule has 7 heteroatoms. The van der Waals surface area contributed by atoms with Gasteiger partial charge < -0.3 is 20.3 Å². The Balaban J connectivity index is 2.48. The first-order valence-electron chi connectivity index (χ1n) is 12.1. The van der Waals surface area contributed by atoms with Crippen LogP contribution < -0.4 is 10.6 Å². The van der Waals surface area contributed by atoms with E-state index >= 15 is 0 Å². The second-order valence-electron chi connectivity index (χ2n) is 10.1. The molecule has 2 aromatic carbocycles. The first-order valence-corrected chi connectivity index (χ1v) is 12.1.